The molecule has 0 aliphatic carbocycles. The first-order chi connectivity index (χ1) is 8.20. The molecule has 0 saturated carbocycles. The number of nitrogens with zero attached hydrogens (tertiary/aromatic N) is 1. The fraction of sp³-hybridized carbons (Fsp3) is 0.462. The molecule has 1 N–H and O–H groups in total. The van der Waals surface area contributed by atoms with E-state index in [-0.39, 0.29) is 11.9 Å². The van der Waals surface area contributed by atoms with Gasteiger partial charge in [-0.1, -0.05) is 23.7 Å². The molecule has 0 spiro atoms. The summed E-state index contributed by atoms with van der Waals surface area (Å²) in [4.78, 5) is 14.0. The van der Waals surface area contributed by atoms with Crippen molar-refractivity contribution in [3.63, 3.8) is 0 Å². The molecular weight excluding hydrogens is 236 g/mol. The van der Waals surface area contributed by atoms with Crippen LogP contribution in [-0.2, 0) is 4.79 Å². The van der Waals surface area contributed by atoms with Crippen LogP contribution in [0.2, 0.25) is 5.02 Å². The highest BCUT2D eigenvalue weighted by Crippen LogP contribution is 2.26. The normalized spacial score (nSPS) is 22.1. The van der Waals surface area contributed by atoms with Crippen molar-refractivity contribution >= 4 is 23.2 Å². The summed E-state index contributed by atoms with van der Waals surface area (Å²) in [7, 11) is 0. The summed E-state index contributed by atoms with van der Waals surface area (Å²) in [6.45, 7) is 3.55. The number of benzene rings is 1. The highest BCUT2D eigenvalue weighted by Gasteiger charge is 2.24. The monoisotopic (exact) mass is 252 g/mol. The molecule has 1 aromatic carbocycles. The summed E-state index contributed by atoms with van der Waals surface area (Å²) in [5, 5.41) is 3.85. The van der Waals surface area contributed by atoms with Crippen LogP contribution in [0.15, 0.2) is 24.3 Å². The van der Waals surface area contributed by atoms with Gasteiger partial charge in [0.1, 0.15) is 0 Å². The van der Waals surface area contributed by atoms with Crippen molar-refractivity contribution in [2.45, 2.75) is 25.8 Å². The van der Waals surface area contributed by atoms with E-state index >= 15 is 0 Å². The highest BCUT2D eigenvalue weighted by molar-refractivity contribution is 6.33. The van der Waals surface area contributed by atoms with E-state index in [9.17, 15) is 4.79 Å². The predicted octanol–water partition coefficient (Wildman–Crippen LogP) is 2.44. The molecule has 0 bridgehead atoms. The van der Waals surface area contributed by atoms with Crippen molar-refractivity contribution < 1.29 is 4.79 Å². The number of hydrogen-bond donors (Lipinski definition) is 1. The van der Waals surface area contributed by atoms with E-state index in [0.29, 0.717) is 5.02 Å². The lowest BCUT2D eigenvalue weighted by molar-refractivity contribution is -0.120. The fourth-order valence-electron chi connectivity index (χ4n) is 2.05. The molecule has 0 radical (unpaired) electrons. The Morgan fingerprint density at radius 1 is 1.35 bits per heavy atom. The average Bonchev–Trinajstić information content (AvgIpc) is 2.32. The third-order valence-corrected chi connectivity index (χ3v) is 3.36. The van der Waals surface area contributed by atoms with Crippen LogP contribution < -0.4 is 10.2 Å². The molecule has 1 amide bonds. The zero-order valence-electron chi connectivity index (χ0n) is 9.95. The Bertz CT molecular complexity index is 408. The number of carbonyl (C=O) groups is 1. The zero-order chi connectivity index (χ0) is 12.3. The molecule has 1 atom stereocenters. The number of halogens is 1. The van der Waals surface area contributed by atoms with Gasteiger partial charge in [-0.3, -0.25) is 4.79 Å². The van der Waals surface area contributed by atoms with Crippen LogP contribution in [0.3, 0.4) is 0 Å². The maximum Gasteiger partial charge on any atom is 0.243 e. The van der Waals surface area contributed by atoms with Gasteiger partial charge in [0.2, 0.25) is 5.91 Å². The minimum Gasteiger partial charge on any atom is -0.310 e. The Balaban J connectivity index is 2.28. The third-order valence-electron chi connectivity index (χ3n) is 3.04. The van der Waals surface area contributed by atoms with Gasteiger partial charge in [0.05, 0.1) is 16.8 Å². The summed E-state index contributed by atoms with van der Waals surface area (Å²) in [6.07, 6.45) is 2.08. The van der Waals surface area contributed by atoms with Gasteiger partial charge >= 0.3 is 0 Å². The van der Waals surface area contributed by atoms with Gasteiger partial charge in [0, 0.05) is 6.54 Å². The van der Waals surface area contributed by atoms with E-state index in [1.165, 1.54) is 0 Å². The van der Waals surface area contributed by atoms with Gasteiger partial charge in [-0.2, -0.15) is 0 Å². The van der Waals surface area contributed by atoms with Gasteiger partial charge in [-0.15, -0.1) is 0 Å². The van der Waals surface area contributed by atoms with Gasteiger partial charge in [0.15, 0.2) is 0 Å². The van der Waals surface area contributed by atoms with E-state index in [1.54, 1.807) is 4.90 Å². The average molecular weight is 253 g/mol. The van der Waals surface area contributed by atoms with E-state index in [4.69, 9.17) is 11.6 Å². The molecule has 1 heterocycles. The second-order valence-electron chi connectivity index (χ2n) is 4.32. The van der Waals surface area contributed by atoms with Crippen molar-refractivity contribution in [3.05, 3.63) is 29.3 Å². The van der Waals surface area contributed by atoms with Gasteiger partial charge in [-0.05, 0) is 38.4 Å². The first kappa shape index (κ1) is 12.4. The lowest BCUT2D eigenvalue weighted by Crippen LogP contribution is -2.47. The maximum atomic E-state index is 12.3. The zero-order valence-corrected chi connectivity index (χ0v) is 10.7. The predicted molar refractivity (Wildman–Crippen MR) is 70.5 cm³/mol. The van der Waals surface area contributed by atoms with Crippen LogP contribution in [0.5, 0.6) is 0 Å². The van der Waals surface area contributed by atoms with E-state index < -0.39 is 0 Å². The molecule has 1 saturated heterocycles. The van der Waals surface area contributed by atoms with Crippen LogP contribution >= 0.6 is 11.6 Å². The summed E-state index contributed by atoms with van der Waals surface area (Å²) < 4.78 is 0. The van der Waals surface area contributed by atoms with E-state index in [0.717, 1.165) is 31.6 Å². The molecule has 2 rings (SSSR count). The number of amides is 1. The Hall–Kier alpha value is -1.06. The Morgan fingerprint density at radius 2 is 2.12 bits per heavy atom. The number of rotatable bonds is 1. The second-order valence-corrected chi connectivity index (χ2v) is 4.73. The summed E-state index contributed by atoms with van der Waals surface area (Å²) in [5.41, 5.74) is 0.815. The van der Waals surface area contributed by atoms with Crippen LogP contribution in [-0.4, -0.2) is 25.0 Å². The summed E-state index contributed by atoms with van der Waals surface area (Å²) in [6, 6.07) is 7.36. The molecule has 1 aliphatic rings. The number of nitrogens with one attached hydrogen (secondary N) is 1. The topological polar surface area (TPSA) is 32.3 Å². The second kappa shape index (κ2) is 5.52. The molecule has 92 valence electrons. The fourth-order valence-corrected chi connectivity index (χ4v) is 2.29. The smallest absolute Gasteiger partial charge is 0.243 e. The number of anilines is 1. The lowest BCUT2D eigenvalue weighted by Gasteiger charge is -2.29. The van der Waals surface area contributed by atoms with Crippen molar-refractivity contribution in [2.24, 2.45) is 0 Å². The molecule has 17 heavy (non-hydrogen) atoms. The molecule has 1 unspecified atom stereocenters. The van der Waals surface area contributed by atoms with Gasteiger partial charge in [0.25, 0.3) is 0 Å². The molecule has 1 aliphatic heterocycles. The lowest BCUT2D eigenvalue weighted by atomic mass is 10.1. The van der Waals surface area contributed by atoms with Crippen LogP contribution in [0.25, 0.3) is 0 Å². The Morgan fingerprint density at radius 3 is 2.88 bits per heavy atom. The van der Waals surface area contributed by atoms with Crippen molar-refractivity contribution in [1.82, 2.24) is 5.32 Å². The Labute approximate surface area is 107 Å². The van der Waals surface area contributed by atoms with E-state index in [1.807, 2.05) is 31.2 Å². The molecule has 1 aromatic rings. The SMILES string of the molecule is CC1NCCCCN(c2ccccc2Cl)C1=O. The molecule has 3 nitrogen and oxygen atoms in total. The first-order valence-electron chi connectivity index (χ1n) is 5.99. The van der Waals surface area contributed by atoms with Crippen LogP contribution in [0.1, 0.15) is 19.8 Å². The largest absolute Gasteiger partial charge is 0.310 e. The minimum absolute atomic E-state index is 0.0952. The molecule has 4 heteroatoms. The molecule has 0 aromatic heterocycles. The summed E-state index contributed by atoms with van der Waals surface area (Å²) in [5.74, 6) is 0.0952. The van der Waals surface area contributed by atoms with Crippen LogP contribution in [0.4, 0.5) is 5.69 Å². The van der Waals surface area contributed by atoms with Gasteiger partial charge < -0.3 is 10.2 Å². The number of para-hydroxylation sites is 1. The Kier molecular flexibility index (Phi) is 4.02. The molecular formula is C13H17ClN2O. The number of carbonyl (C=O) groups excluding carboxylic acids is 1. The minimum atomic E-state index is -0.147. The third kappa shape index (κ3) is 2.79. The highest BCUT2D eigenvalue weighted by atomic mass is 35.5. The van der Waals surface area contributed by atoms with Crippen LogP contribution in [0, 0.1) is 0 Å². The van der Waals surface area contributed by atoms with E-state index in [2.05, 4.69) is 5.32 Å². The number of hydrogen-bond acceptors (Lipinski definition) is 2. The van der Waals surface area contributed by atoms with Crippen molar-refractivity contribution in [1.29, 1.82) is 0 Å². The standard InChI is InChI=1S/C13H17ClN2O/c1-10-13(17)16(9-5-4-8-15-10)12-7-3-2-6-11(12)14/h2-3,6-7,10,15H,4-5,8-9H2,1H3. The summed E-state index contributed by atoms with van der Waals surface area (Å²) >= 11 is 6.15. The van der Waals surface area contributed by atoms with Crippen molar-refractivity contribution in [3.8, 4) is 0 Å². The van der Waals surface area contributed by atoms with Crippen molar-refractivity contribution in [2.75, 3.05) is 18.0 Å². The maximum absolute atomic E-state index is 12.3. The molecule has 1 fully saturated rings. The van der Waals surface area contributed by atoms with Gasteiger partial charge in [-0.25, -0.2) is 0 Å². The quantitative estimate of drug-likeness (QED) is 0.833. The first-order valence-corrected chi connectivity index (χ1v) is 6.37.